The molecule has 1 unspecified atom stereocenters. The van der Waals surface area contributed by atoms with Crippen LogP contribution in [0.4, 0.5) is 25.4 Å². The summed E-state index contributed by atoms with van der Waals surface area (Å²) in [4.78, 5) is 62.9. The topological polar surface area (TPSA) is 148 Å². The van der Waals surface area contributed by atoms with Crippen molar-refractivity contribution < 1.29 is 33.0 Å². The van der Waals surface area contributed by atoms with Crippen LogP contribution in [-0.2, 0) is 9.53 Å². The van der Waals surface area contributed by atoms with Gasteiger partial charge in [0.2, 0.25) is 5.91 Å². The second-order valence-corrected chi connectivity index (χ2v) is 14.7. The van der Waals surface area contributed by atoms with Crippen LogP contribution >= 0.6 is 11.6 Å². The van der Waals surface area contributed by atoms with Crippen molar-refractivity contribution in [1.82, 2.24) is 19.9 Å². The van der Waals surface area contributed by atoms with E-state index in [1.807, 2.05) is 0 Å². The Morgan fingerprint density at radius 1 is 0.926 bits per heavy atom. The molecule has 288 valence electrons. The van der Waals surface area contributed by atoms with Crippen molar-refractivity contribution in [2.75, 3.05) is 55.6 Å². The summed E-state index contributed by atoms with van der Waals surface area (Å²) < 4.78 is 31.6. The number of alkyl carbamates (subject to hydrolysis) is 1. The molecule has 1 fully saturated rings. The molecule has 0 spiro atoms. The average molecular weight is 766 g/mol. The van der Waals surface area contributed by atoms with Crippen LogP contribution in [0.2, 0.25) is 5.02 Å². The predicted octanol–water partition coefficient (Wildman–Crippen LogP) is 6.09. The molecule has 0 radical (unpaired) electrons. The summed E-state index contributed by atoms with van der Waals surface area (Å²) in [7, 11) is 2.96. The van der Waals surface area contributed by atoms with Crippen molar-refractivity contribution in [3.05, 3.63) is 87.7 Å². The van der Waals surface area contributed by atoms with Gasteiger partial charge in [-0.1, -0.05) is 11.6 Å². The molecule has 1 aromatic heterocycles. The van der Waals surface area contributed by atoms with E-state index in [-0.39, 0.29) is 43.3 Å². The number of aromatic nitrogens is 2. The maximum atomic E-state index is 14.5. The van der Waals surface area contributed by atoms with E-state index in [0.717, 1.165) is 0 Å². The minimum atomic E-state index is -1.28. The fourth-order valence-electron chi connectivity index (χ4n) is 6.13. The Balaban J connectivity index is 1.54. The Morgan fingerprint density at radius 3 is 2.20 bits per heavy atom. The van der Waals surface area contributed by atoms with Crippen LogP contribution in [0.15, 0.2) is 65.5 Å². The number of urea groups is 1. The molecule has 1 aliphatic rings. The van der Waals surface area contributed by atoms with E-state index < -0.39 is 40.7 Å². The molecule has 14 nitrogen and oxygen atoms in total. The van der Waals surface area contributed by atoms with Gasteiger partial charge in [0.25, 0.3) is 5.56 Å². The van der Waals surface area contributed by atoms with Crippen molar-refractivity contribution in [1.29, 1.82) is 0 Å². The lowest BCUT2D eigenvalue weighted by Crippen LogP contribution is -2.62. The molecule has 2 heterocycles. The number of nitrogens with zero attached hydrogens (tertiary/aromatic N) is 5. The molecule has 1 aliphatic heterocycles. The fraction of sp³-hybridized carbons (Fsp3) is 0.395. The number of carbonyl (C=O) groups excluding carboxylic acids is 3. The number of benzene rings is 3. The third-order valence-electron chi connectivity index (χ3n) is 8.73. The zero-order chi connectivity index (χ0) is 39.5. The number of nitrogens with one attached hydrogen (secondary N) is 2. The van der Waals surface area contributed by atoms with Gasteiger partial charge in [0, 0.05) is 29.9 Å². The normalized spacial score (nSPS) is 14.0. The second kappa shape index (κ2) is 15.8. The third-order valence-corrected chi connectivity index (χ3v) is 8.96. The number of ether oxygens (including phenoxy) is 3. The highest BCUT2D eigenvalue weighted by Gasteiger charge is 2.38. The van der Waals surface area contributed by atoms with Gasteiger partial charge < -0.3 is 34.8 Å². The van der Waals surface area contributed by atoms with Crippen molar-refractivity contribution in [2.45, 2.75) is 58.7 Å². The summed E-state index contributed by atoms with van der Waals surface area (Å²) in [6, 6.07) is 13.5. The molecule has 1 saturated heterocycles. The van der Waals surface area contributed by atoms with E-state index in [1.165, 1.54) is 54.1 Å². The van der Waals surface area contributed by atoms with Crippen LogP contribution in [-0.4, -0.2) is 84.1 Å². The minimum Gasteiger partial charge on any atom is -0.497 e. The molecule has 0 aliphatic carbocycles. The second-order valence-electron chi connectivity index (χ2n) is 14.3. The molecule has 4 amide bonds. The Bertz CT molecular complexity index is 2090. The van der Waals surface area contributed by atoms with Gasteiger partial charge in [0.05, 0.1) is 49.9 Å². The lowest BCUT2D eigenvalue weighted by atomic mass is 10.0. The molecular formula is C38H45ClFN7O7. The molecule has 3 aromatic carbocycles. The van der Waals surface area contributed by atoms with Crippen molar-refractivity contribution in [2.24, 2.45) is 0 Å². The van der Waals surface area contributed by atoms with Crippen LogP contribution in [0.3, 0.4) is 0 Å². The van der Waals surface area contributed by atoms with Gasteiger partial charge in [-0.3, -0.25) is 14.5 Å². The highest BCUT2D eigenvalue weighted by atomic mass is 35.5. The highest BCUT2D eigenvalue weighted by molar-refractivity contribution is 6.31. The third kappa shape index (κ3) is 8.79. The number of fused-ring (bicyclic) bond motifs is 1. The van der Waals surface area contributed by atoms with E-state index in [0.29, 0.717) is 33.4 Å². The van der Waals surface area contributed by atoms with Crippen molar-refractivity contribution >= 4 is 51.9 Å². The van der Waals surface area contributed by atoms with Gasteiger partial charge in [-0.15, -0.1) is 0 Å². The fourth-order valence-corrected chi connectivity index (χ4v) is 6.30. The number of amides is 4. The summed E-state index contributed by atoms with van der Waals surface area (Å²) in [5.41, 5.74) is -1.45. The first kappa shape index (κ1) is 39.6. The van der Waals surface area contributed by atoms with Crippen LogP contribution in [0.5, 0.6) is 11.5 Å². The molecule has 54 heavy (non-hydrogen) atoms. The summed E-state index contributed by atoms with van der Waals surface area (Å²) in [5.74, 6) is 0.189. The number of piperazine rings is 1. The molecule has 16 heteroatoms. The van der Waals surface area contributed by atoms with Gasteiger partial charge in [-0.2, -0.15) is 0 Å². The van der Waals surface area contributed by atoms with Gasteiger partial charge in [-0.05, 0) is 96.1 Å². The largest absolute Gasteiger partial charge is 0.497 e. The van der Waals surface area contributed by atoms with Crippen LogP contribution < -0.4 is 35.6 Å². The zero-order valence-corrected chi connectivity index (χ0v) is 32.3. The summed E-state index contributed by atoms with van der Waals surface area (Å²) in [6.07, 6.45) is -0.716. The predicted molar refractivity (Wildman–Crippen MR) is 205 cm³/mol. The lowest BCUT2D eigenvalue weighted by molar-refractivity contribution is -0.137. The summed E-state index contributed by atoms with van der Waals surface area (Å²) >= 11 is 6.33. The Labute approximate surface area is 317 Å². The standard InChI is InChI=1S/C38H45ClFN7O7/c1-23(46(30-16-14-27(52-7)22-31(30)53-8)35(50)41-26-12-10-25(40)11-13-26)32-42-29-15-9-24(39)21-28(29)33(48)47(32)45-19-17-44(18-20-45)34(49)38(5,6)43-36(51)54-37(2,3)4/h9-16,21-23H,17-20H2,1-8H3,(H,41,50)(H,43,51). The number of rotatable bonds is 9. The first-order chi connectivity index (χ1) is 25.4. The van der Waals surface area contributed by atoms with Gasteiger partial charge >= 0.3 is 12.1 Å². The Morgan fingerprint density at radius 2 is 1.59 bits per heavy atom. The smallest absolute Gasteiger partial charge is 0.408 e. The minimum absolute atomic E-state index is 0.202. The quantitative estimate of drug-likeness (QED) is 0.207. The first-order valence-corrected chi connectivity index (χ1v) is 17.7. The summed E-state index contributed by atoms with van der Waals surface area (Å²) in [5, 5.41) is 7.84. The molecule has 5 rings (SSSR count). The van der Waals surface area contributed by atoms with Crippen LogP contribution in [0.25, 0.3) is 10.9 Å². The number of hydrogen-bond acceptors (Lipinski definition) is 9. The number of methoxy groups -OCH3 is 2. The van der Waals surface area contributed by atoms with Gasteiger partial charge in [-0.25, -0.2) is 23.6 Å². The molecular weight excluding hydrogens is 721 g/mol. The molecule has 0 saturated carbocycles. The first-order valence-electron chi connectivity index (χ1n) is 17.3. The SMILES string of the molecule is COc1ccc(N(C(=O)Nc2ccc(F)cc2)C(C)c2nc3ccc(Cl)cc3c(=O)n2N2CCN(C(=O)C(C)(C)NC(=O)OC(C)(C)C)CC2)c(OC)c1. The molecule has 1 atom stereocenters. The Hall–Kier alpha value is -5.57. The maximum Gasteiger partial charge on any atom is 0.408 e. The zero-order valence-electron chi connectivity index (χ0n) is 31.5. The van der Waals surface area contributed by atoms with E-state index in [4.69, 9.17) is 30.8 Å². The number of anilines is 2. The van der Waals surface area contributed by atoms with E-state index in [2.05, 4.69) is 10.6 Å². The van der Waals surface area contributed by atoms with Crippen LogP contribution in [0.1, 0.15) is 53.4 Å². The van der Waals surface area contributed by atoms with Gasteiger partial charge in [0.1, 0.15) is 28.5 Å². The molecule has 0 bridgehead atoms. The Kier molecular flexibility index (Phi) is 11.6. The van der Waals surface area contributed by atoms with E-state index in [1.54, 1.807) is 81.8 Å². The van der Waals surface area contributed by atoms with Crippen LogP contribution in [0, 0.1) is 5.82 Å². The number of halogens is 2. The monoisotopic (exact) mass is 765 g/mol. The van der Waals surface area contributed by atoms with Gasteiger partial charge in [0.15, 0.2) is 5.82 Å². The van der Waals surface area contributed by atoms with Crippen molar-refractivity contribution in [3.63, 3.8) is 0 Å². The molecule has 4 aromatic rings. The summed E-state index contributed by atoms with van der Waals surface area (Å²) in [6.45, 7) is 10.9. The maximum absolute atomic E-state index is 14.5. The van der Waals surface area contributed by atoms with E-state index >= 15 is 0 Å². The molecule has 2 N–H and O–H groups in total. The lowest BCUT2D eigenvalue weighted by Gasteiger charge is -2.41. The highest BCUT2D eigenvalue weighted by Crippen LogP contribution is 2.37. The number of hydrogen-bond donors (Lipinski definition) is 2. The average Bonchev–Trinajstić information content (AvgIpc) is 3.11. The number of carbonyl (C=O) groups is 3. The van der Waals surface area contributed by atoms with Crippen molar-refractivity contribution in [3.8, 4) is 11.5 Å². The van der Waals surface area contributed by atoms with E-state index in [9.17, 15) is 23.6 Å².